The van der Waals surface area contributed by atoms with Crippen LogP contribution in [-0.2, 0) is 0 Å². The number of rotatable bonds is 3. The molecule has 0 aromatic heterocycles. The molecule has 0 radical (unpaired) electrons. The minimum Gasteiger partial charge on any atom is -0.478 e. The predicted molar refractivity (Wildman–Crippen MR) is 69.7 cm³/mol. The standard InChI is InChI=1S/C14H11ClO3/c1-9-4-2-3-5-12(9)18-13-7-6-10(15)8-11(13)14(16)17/h2-8H,1H3,(H,16,17). The van der Waals surface area contributed by atoms with E-state index < -0.39 is 5.97 Å². The second-order valence-electron chi connectivity index (χ2n) is 3.81. The molecule has 0 aliphatic rings. The Morgan fingerprint density at radius 2 is 1.89 bits per heavy atom. The first kappa shape index (κ1) is 12.5. The Bertz CT molecular complexity index is 593. The van der Waals surface area contributed by atoms with Crippen molar-refractivity contribution in [2.24, 2.45) is 0 Å². The van der Waals surface area contributed by atoms with Crippen LogP contribution < -0.4 is 4.74 Å². The summed E-state index contributed by atoms with van der Waals surface area (Å²) in [6.45, 7) is 1.89. The van der Waals surface area contributed by atoms with Crippen LogP contribution in [-0.4, -0.2) is 11.1 Å². The van der Waals surface area contributed by atoms with Gasteiger partial charge in [-0.1, -0.05) is 29.8 Å². The summed E-state index contributed by atoms with van der Waals surface area (Å²) in [5, 5.41) is 9.46. The van der Waals surface area contributed by atoms with E-state index >= 15 is 0 Å². The van der Waals surface area contributed by atoms with Crippen molar-refractivity contribution in [3.63, 3.8) is 0 Å². The van der Waals surface area contributed by atoms with Gasteiger partial charge in [0.15, 0.2) is 0 Å². The summed E-state index contributed by atoms with van der Waals surface area (Å²) in [5.41, 5.74) is 0.981. The quantitative estimate of drug-likeness (QED) is 0.904. The van der Waals surface area contributed by atoms with Gasteiger partial charge in [0.2, 0.25) is 0 Å². The van der Waals surface area contributed by atoms with Gasteiger partial charge in [0.05, 0.1) is 0 Å². The fourth-order valence-electron chi connectivity index (χ4n) is 1.55. The average molecular weight is 263 g/mol. The average Bonchev–Trinajstić information content (AvgIpc) is 2.34. The van der Waals surface area contributed by atoms with E-state index in [1.807, 2.05) is 25.1 Å². The highest BCUT2D eigenvalue weighted by Gasteiger charge is 2.13. The van der Waals surface area contributed by atoms with Gasteiger partial charge in [0.25, 0.3) is 0 Å². The molecule has 0 saturated carbocycles. The maximum atomic E-state index is 11.1. The van der Waals surface area contributed by atoms with Gasteiger partial charge >= 0.3 is 5.97 Å². The second-order valence-corrected chi connectivity index (χ2v) is 4.25. The molecule has 0 atom stereocenters. The van der Waals surface area contributed by atoms with Gasteiger partial charge in [-0.15, -0.1) is 0 Å². The zero-order valence-electron chi connectivity index (χ0n) is 9.68. The molecule has 0 aliphatic carbocycles. The van der Waals surface area contributed by atoms with E-state index in [0.717, 1.165) is 5.56 Å². The number of para-hydroxylation sites is 1. The van der Waals surface area contributed by atoms with Crippen LogP contribution in [0.1, 0.15) is 15.9 Å². The van der Waals surface area contributed by atoms with Crippen molar-refractivity contribution in [2.75, 3.05) is 0 Å². The summed E-state index contributed by atoms with van der Waals surface area (Å²) < 4.78 is 5.62. The lowest BCUT2D eigenvalue weighted by atomic mass is 10.2. The number of aryl methyl sites for hydroxylation is 1. The Morgan fingerprint density at radius 3 is 2.56 bits per heavy atom. The number of hydrogen-bond donors (Lipinski definition) is 1. The molecule has 0 heterocycles. The van der Waals surface area contributed by atoms with Crippen molar-refractivity contribution in [3.8, 4) is 11.5 Å². The van der Waals surface area contributed by atoms with E-state index in [2.05, 4.69) is 0 Å². The molecule has 2 rings (SSSR count). The van der Waals surface area contributed by atoms with Gasteiger partial charge in [-0.2, -0.15) is 0 Å². The highest BCUT2D eigenvalue weighted by molar-refractivity contribution is 6.31. The number of benzene rings is 2. The van der Waals surface area contributed by atoms with Crippen LogP contribution in [0.5, 0.6) is 11.5 Å². The number of carbonyl (C=O) groups is 1. The molecule has 0 spiro atoms. The van der Waals surface area contributed by atoms with Crippen molar-refractivity contribution in [3.05, 3.63) is 58.6 Å². The summed E-state index contributed by atoms with van der Waals surface area (Å²) in [6, 6.07) is 11.9. The highest BCUT2D eigenvalue weighted by atomic mass is 35.5. The van der Waals surface area contributed by atoms with Crippen LogP contribution in [0.3, 0.4) is 0 Å². The summed E-state index contributed by atoms with van der Waals surface area (Å²) in [5.74, 6) is -0.162. The van der Waals surface area contributed by atoms with E-state index in [-0.39, 0.29) is 11.3 Å². The topological polar surface area (TPSA) is 46.5 Å². The van der Waals surface area contributed by atoms with E-state index in [1.165, 1.54) is 6.07 Å². The summed E-state index contributed by atoms with van der Waals surface area (Å²) in [4.78, 5) is 11.1. The first-order chi connectivity index (χ1) is 8.58. The first-order valence-electron chi connectivity index (χ1n) is 5.34. The summed E-state index contributed by atoms with van der Waals surface area (Å²) in [6.07, 6.45) is 0. The normalized spacial score (nSPS) is 10.1. The van der Waals surface area contributed by atoms with E-state index in [9.17, 15) is 4.79 Å². The van der Waals surface area contributed by atoms with E-state index in [1.54, 1.807) is 18.2 Å². The Labute approximate surface area is 110 Å². The molecule has 0 saturated heterocycles. The summed E-state index contributed by atoms with van der Waals surface area (Å²) >= 11 is 5.78. The fraction of sp³-hybridized carbons (Fsp3) is 0.0714. The molecule has 1 N–H and O–H groups in total. The van der Waals surface area contributed by atoms with Crippen molar-refractivity contribution in [1.29, 1.82) is 0 Å². The van der Waals surface area contributed by atoms with Gasteiger partial charge in [-0.25, -0.2) is 4.79 Å². The second kappa shape index (κ2) is 5.10. The lowest BCUT2D eigenvalue weighted by Gasteiger charge is -2.10. The Hall–Kier alpha value is -2.00. The number of hydrogen-bond acceptors (Lipinski definition) is 2. The maximum Gasteiger partial charge on any atom is 0.339 e. The lowest BCUT2D eigenvalue weighted by molar-refractivity contribution is 0.0694. The number of halogens is 1. The van der Waals surface area contributed by atoms with Gasteiger partial charge in [0, 0.05) is 5.02 Å². The van der Waals surface area contributed by atoms with E-state index in [0.29, 0.717) is 10.8 Å². The lowest BCUT2D eigenvalue weighted by Crippen LogP contribution is -2.00. The largest absolute Gasteiger partial charge is 0.478 e. The van der Waals surface area contributed by atoms with Crippen LogP contribution in [0, 0.1) is 6.92 Å². The van der Waals surface area contributed by atoms with Gasteiger partial charge in [0.1, 0.15) is 17.1 Å². The molecule has 2 aromatic carbocycles. The molecular weight excluding hydrogens is 252 g/mol. The van der Waals surface area contributed by atoms with E-state index in [4.69, 9.17) is 21.4 Å². The maximum absolute atomic E-state index is 11.1. The van der Waals surface area contributed by atoms with Crippen LogP contribution in [0.25, 0.3) is 0 Å². The smallest absolute Gasteiger partial charge is 0.339 e. The number of ether oxygens (including phenoxy) is 1. The monoisotopic (exact) mass is 262 g/mol. The molecule has 18 heavy (non-hydrogen) atoms. The SMILES string of the molecule is Cc1ccccc1Oc1ccc(Cl)cc1C(=O)O. The molecule has 0 amide bonds. The highest BCUT2D eigenvalue weighted by Crippen LogP contribution is 2.29. The van der Waals surface area contributed by atoms with Crippen molar-refractivity contribution < 1.29 is 14.6 Å². The number of aromatic carboxylic acids is 1. The van der Waals surface area contributed by atoms with Crippen LogP contribution in [0.15, 0.2) is 42.5 Å². The molecule has 92 valence electrons. The Kier molecular flexibility index (Phi) is 3.53. The van der Waals surface area contributed by atoms with Gasteiger partial charge in [-0.3, -0.25) is 0 Å². The molecule has 0 fully saturated rings. The fourth-order valence-corrected chi connectivity index (χ4v) is 1.72. The molecule has 0 bridgehead atoms. The third-order valence-corrected chi connectivity index (χ3v) is 2.72. The van der Waals surface area contributed by atoms with Crippen LogP contribution >= 0.6 is 11.6 Å². The Balaban J connectivity index is 2.41. The van der Waals surface area contributed by atoms with Crippen molar-refractivity contribution in [2.45, 2.75) is 6.92 Å². The molecule has 2 aromatic rings. The zero-order valence-corrected chi connectivity index (χ0v) is 10.4. The first-order valence-corrected chi connectivity index (χ1v) is 5.72. The third kappa shape index (κ3) is 2.63. The Morgan fingerprint density at radius 1 is 1.17 bits per heavy atom. The van der Waals surface area contributed by atoms with Crippen molar-refractivity contribution >= 4 is 17.6 Å². The number of carboxylic acid groups (broad SMARTS) is 1. The van der Waals surface area contributed by atoms with Gasteiger partial charge < -0.3 is 9.84 Å². The molecular formula is C14H11ClO3. The number of carboxylic acids is 1. The molecule has 0 aliphatic heterocycles. The van der Waals surface area contributed by atoms with Crippen LogP contribution in [0.2, 0.25) is 5.02 Å². The molecule has 4 heteroatoms. The molecule has 3 nitrogen and oxygen atoms in total. The molecule has 0 unspecified atom stereocenters. The van der Waals surface area contributed by atoms with Crippen LogP contribution in [0.4, 0.5) is 0 Å². The zero-order chi connectivity index (χ0) is 13.1. The third-order valence-electron chi connectivity index (χ3n) is 2.49. The van der Waals surface area contributed by atoms with Crippen molar-refractivity contribution in [1.82, 2.24) is 0 Å². The minimum atomic E-state index is -1.07. The predicted octanol–water partition coefficient (Wildman–Crippen LogP) is 4.14. The summed E-state index contributed by atoms with van der Waals surface area (Å²) in [7, 11) is 0. The minimum absolute atomic E-state index is 0.0470. The van der Waals surface area contributed by atoms with Gasteiger partial charge in [-0.05, 0) is 36.8 Å².